The number of aryl methyl sites for hydroxylation is 1. The molecule has 100 valence electrons. The summed E-state index contributed by atoms with van der Waals surface area (Å²) in [6, 6.07) is 3.81. The molecule has 1 aromatic heterocycles. The van der Waals surface area contributed by atoms with Crippen LogP contribution >= 0.6 is 11.3 Å². The quantitative estimate of drug-likeness (QED) is 0.933. The van der Waals surface area contributed by atoms with Crippen molar-refractivity contribution in [2.75, 3.05) is 7.11 Å². The van der Waals surface area contributed by atoms with Crippen LogP contribution in [0.3, 0.4) is 0 Å². The van der Waals surface area contributed by atoms with Crippen molar-refractivity contribution in [3.8, 4) is 16.3 Å². The average Bonchev–Trinajstić information content (AvgIpc) is 2.74. The smallest absolute Gasteiger partial charge is 0.347 e. The van der Waals surface area contributed by atoms with E-state index < -0.39 is 5.97 Å². The highest BCUT2D eigenvalue weighted by Crippen LogP contribution is 2.34. The van der Waals surface area contributed by atoms with Crippen LogP contribution < -0.4 is 4.74 Å². The number of hydrogen-bond acceptors (Lipinski definition) is 4. The molecule has 0 aliphatic heterocycles. The predicted molar refractivity (Wildman–Crippen MR) is 75.3 cm³/mol. The number of methoxy groups -OCH3 is 1. The van der Waals surface area contributed by atoms with Gasteiger partial charge in [0.2, 0.25) is 0 Å². The van der Waals surface area contributed by atoms with Crippen LogP contribution in [0.5, 0.6) is 5.75 Å². The fraction of sp³-hybridized carbons (Fsp3) is 0.286. The lowest BCUT2D eigenvalue weighted by molar-refractivity contribution is 0.0701. The molecule has 0 bridgehead atoms. The molecule has 4 nitrogen and oxygen atoms in total. The molecule has 2 rings (SSSR count). The van der Waals surface area contributed by atoms with Gasteiger partial charge in [0.1, 0.15) is 15.6 Å². The lowest BCUT2D eigenvalue weighted by atomic mass is 10.0. The zero-order chi connectivity index (χ0) is 14.2. The van der Waals surface area contributed by atoms with E-state index >= 15 is 0 Å². The zero-order valence-corrected chi connectivity index (χ0v) is 12.1. The summed E-state index contributed by atoms with van der Waals surface area (Å²) in [5.74, 6) is -0.0999. The first-order chi connectivity index (χ1) is 8.95. The highest BCUT2D eigenvalue weighted by atomic mass is 32.1. The van der Waals surface area contributed by atoms with Gasteiger partial charge in [-0.25, -0.2) is 9.78 Å². The van der Waals surface area contributed by atoms with Crippen molar-refractivity contribution < 1.29 is 14.6 Å². The minimum Gasteiger partial charge on any atom is -0.496 e. The van der Waals surface area contributed by atoms with E-state index in [9.17, 15) is 4.79 Å². The van der Waals surface area contributed by atoms with Crippen molar-refractivity contribution in [2.24, 2.45) is 0 Å². The topological polar surface area (TPSA) is 59.4 Å². The van der Waals surface area contributed by atoms with Crippen LogP contribution in [0.15, 0.2) is 12.1 Å². The summed E-state index contributed by atoms with van der Waals surface area (Å²) in [6.07, 6.45) is 0. The van der Waals surface area contributed by atoms with Gasteiger partial charge < -0.3 is 9.84 Å². The third kappa shape index (κ3) is 2.33. The highest BCUT2D eigenvalue weighted by Gasteiger charge is 2.17. The number of carboxylic acid groups (broad SMARTS) is 1. The van der Waals surface area contributed by atoms with E-state index in [2.05, 4.69) is 4.98 Å². The standard InChI is InChI=1S/C14H15NO3S/c1-7-8(2)11(18-4)6-5-10(7)13-15-9(3)12(19-13)14(16)17/h5-6H,1-4H3,(H,16,17). The van der Waals surface area contributed by atoms with Crippen molar-refractivity contribution in [3.05, 3.63) is 33.8 Å². The Morgan fingerprint density at radius 2 is 1.95 bits per heavy atom. The normalized spacial score (nSPS) is 10.5. The van der Waals surface area contributed by atoms with Gasteiger partial charge in [-0.1, -0.05) is 0 Å². The number of thiazole rings is 1. The van der Waals surface area contributed by atoms with Gasteiger partial charge in [0.25, 0.3) is 0 Å². The largest absolute Gasteiger partial charge is 0.496 e. The van der Waals surface area contributed by atoms with E-state index in [0.717, 1.165) is 27.4 Å². The first-order valence-electron chi connectivity index (χ1n) is 5.81. The van der Waals surface area contributed by atoms with Crippen molar-refractivity contribution in [2.45, 2.75) is 20.8 Å². The van der Waals surface area contributed by atoms with Crippen LogP contribution in [0.4, 0.5) is 0 Å². The molecule has 0 fully saturated rings. The summed E-state index contributed by atoms with van der Waals surface area (Å²) >= 11 is 1.21. The maximum Gasteiger partial charge on any atom is 0.347 e. The van der Waals surface area contributed by atoms with Gasteiger partial charge in [0.15, 0.2) is 0 Å². The van der Waals surface area contributed by atoms with Crippen molar-refractivity contribution in [3.63, 3.8) is 0 Å². The van der Waals surface area contributed by atoms with E-state index in [0.29, 0.717) is 10.6 Å². The number of benzene rings is 1. The van der Waals surface area contributed by atoms with Crippen molar-refractivity contribution in [1.29, 1.82) is 0 Å². The minimum absolute atomic E-state index is 0.294. The molecule has 19 heavy (non-hydrogen) atoms. The highest BCUT2D eigenvalue weighted by molar-refractivity contribution is 7.17. The first-order valence-corrected chi connectivity index (χ1v) is 6.62. The minimum atomic E-state index is -0.927. The van der Waals surface area contributed by atoms with Crippen LogP contribution in [0.25, 0.3) is 10.6 Å². The van der Waals surface area contributed by atoms with E-state index in [1.807, 2.05) is 26.0 Å². The molecule has 2 aromatic rings. The number of hydrogen-bond donors (Lipinski definition) is 1. The summed E-state index contributed by atoms with van der Waals surface area (Å²) in [7, 11) is 1.64. The van der Waals surface area contributed by atoms with Crippen LogP contribution in [0.2, 0.25) is 0 Å². The molecule has 0 aliphatic carbocycles. The van der Waals surface area contributed by atoms with Gasteiger partial charge in [-0.05, 0) is 44.0 Å². The lowest BCUT2D eigenvalue weighted by Crippen LogP contribution is -1.94. The Bertz CT molecular complexity index is 646. The van der Waals surface area contributed by atoms with Gasteiger partial charge >= 0.3 is 5.97 Å². The number of nitrogens with zero attached hydrogens (tertiary/aromatic N) is 1. The summed E-state index contributed by atoms with van der Waals surface area (Å²) < 4.78 is 5.27. The Labute approximate surface area is 115 Å². The van der Waals surface area contributed by atoms with E-state index in [4.69, 9.17) is 9.84 Å². The second-order valence-corrected chi connectivity index (χ2v) is 5.30. The zero-order valence-electron chi connectivity index (χ0n) is 11.3. The van der Waals surface area contributed by atoms with Gasteiger partial charge in [-0.15, -0.1) is 11.3 Å². The lowest BCUT2D eigenvalue weighted by Gasteiger charge is -2.10. The summed E-state index contributed by atoms with van der Waals surface area (Å²) in [5.41, 5.74) is 3.62. The third-order valence-electron chi connectivity index (χ3n) is 3.18. The van der Waals surface area contributed by atoms with Gasteiger partial charge in [-0.2, -0.15) is 0 Å². The van der Waals surface area contributed by atoms with Crippen LogP contribution in [0, 0.1) is 20.8 Å². The van der Waals surface area contributed by atoms with Gasteiger partial charge in [0, 0.05) is 5.56 Å². The molecule has 0 saturated carbocycles. The number of aromatic carboxylic acids is 1. The fourth-order valence-electron chi connectivity index (χ4n) is 1.96. The van der Waals surface area contributed by atoms with E-state index in [1.54, 1.807) is 14.0 Å². The average molecular weight is 277 g/mol. The fourth-order valence-corrected chi connectivity index (χ4v) is 2.95. The maximum atomic E-state index is 11.1. The Hall–Kier alpha value is -1.88. The molecule has 0 aliphatic rings. The molecule has 1 N–H and O–H groups in total. The van der Waals surface area contributed by atoms with E-state index in [-0.39, 0.29) is 0 Å². The Morgan fingerprint density at radius 1 is 1.26 bits per heavy atom. The molecule has 1 heterocycles. The molecular formula is C14H15NO3S. The van der Waals surface area contributed by atoms with E-state index in [1.165, 1.54) is 11.3 Å². The number of rotatable bonds is 3. The second-order valence-electron chi connectivity index (χ2n) is 4.30. The van der Waals surface area contributed by atoms with Crippen molar-refractivity contribution >= 4 is 17.3 Å². The Morgan fingerprint density at radius 3 is 2.47 bits per heavy atom. The maximum absolute atomic E-state index is 11.1. The number of ether oxygens (including phenoxy) is 1. The molecule has 0 radical (unpaired) electrons. The Kier molecular flexibility index (Phi) is 3.57. The SMILES string of the molecule is COc1ccc(-c2nc(C)c(C(=O)O)s2)c(C)c1C. The molecule has 0 amide bonds. The number of aromatic nitrogens is 1. The molecule has 0 spiro atoms. The second kappa shape index (κ2) is 5.01. The molecule has 0 atom stereocenters. The van der Waals surface area contributed by atoms with Crippen LogP contribution in [-0.4, -0.2) is 23.2 Å². The van der Waals surface area contributed by atoms with Crippen LogP contribution in [-0.2, 0) is 0 Å². The van der Waals surface area contributed by atoms with Gasteiger partial charge in [-0.3, -0.25) is 0 Å². The van der Waals surface area contributed by atoms with Crippen molar-refractivity contribution in [1.82, 2.24) is 4.98 Å². The molecule has 0 saturated heterocycles. The van der Waals surface area contributed by atoms with Gasteiger partial charge in [0.05, 0.1) is 12.8 Å². The predicted octanol–water partition coefficient (Wildman–Crippen LogP) is 3.44. The number of carboxylic acids is 1. The molecular weight excluding hydrogens is 262 g/mol. The number of carbonyl (C=O) groups is 1. The summed E-state index contributed by atoms with van der Waals surface area (Å²) in [4.78, 5) is 15.7. The third-order valence-corrected chi connectivity index (χ3v) is 4.36. The molecule has 1 aromatic carbocycles. The summed E-state index contributed by atoms with van der Waals surface area (Å²) in [5, 5.41) is 9.82. The summed E-state index contributed by atoms with van der Waals surface area (Å²) in [6.45, 7) is 5.69. The van der Waals surface area contributed by atoms with Crippen LogP contribution in [0.1, 0.15) is 26.5 Å². The Balaban J connectivity index is 2.57. The monoisotopic (exact) mass is 277 g/mol. The first kappa shape index (κ1) is 13.5. The molecule has 5 heteroatoms. The molecule has 0 unspecified atom stereocenters.